The topological polar surface area (TPSA) is 29.9 Å². The second-order valence-corrected chi connectivity index (χ2v) is 4.42. The minimum atomic E-state index is -0.564. The quantitative estimate of drug-likeness (QED) is 0.814. The number of nitrogens with one attached hydrogen (secondary N) is 1. The number of hydrogen-bond donors (Lipinski definition) is 1. The van der Waals surface area contributed by atoms with Crippen LogP contribution in [0.1, 0.15) is 24.6 Å². The molecule has 1 heterocycles. The highest BCUT2D eigenvalue weighted by atomic mass is 19.1. The summed E-state index contributed by atoms with van der Waals surface area (Å²) < 4.78 is 27.9. The molecule has 0 aliphatic carbocycles. The van der Waals surface area contributed by atoms with Gasteiger partial charge in [0, 0.05) is 24.4 Å². The predicted molar refractivity (Wildman–Crippen MR) is 69.7 cm³/mol. The van der Waals surface area contributed by atoms with Crippen molar-refractivity contribution >= 4 is 0 Å². The molecule has 1 aromatic carbocycles. The Morgan fingerprint density at radius 1 is 1.26 bits per heavy atom. The third-order valence-corrected chi connectivity index (χ3v) is 2.78. The van der Waals surface area contributed by atoms with Crippen molar-refractivity contribution in [3.8, 4) is 0 Å². The number of hydrogen-bond acceptors (Lipinski definition) is 2. The summed E-state index contributed by atoms with van der Waals surface area (Å²) in [6.07, 6.45) is 2.87. The van der Waals surface area contributed by atoms with E-state index in [2.05, 4.69) is 17.3 Å². The van der Waals surface area contributed by atoms with E-state index in [0.717, 1.165) is 24.7 Å². The van der Waals surface area contributed by atoms with E-state index in [0.29, 0.717) is 18.7 Å². The predicted octanol–water partition coefficient (Wildman–Crippen LogP) is 2.71. The van der Waals surface area contributed by atoms with Crippen LogP contribution in [0.4, 0.5) is 8.78 Å². The van der Waals surface area contributed by atoms with E-state index >= 15 is 0 Å². The molecule has 102 valence electrons. The summed E-state index contributed by atoms with van der Waals surface area (Å²) in [5.74, 6) is -1.10. The molecular formula is C14H17F2N3. The minimum Gasteiger partial charge on any atom is -0.311 e. The molecule has 0 fully saturated rings. The molecule has 2 aromatic rings. The summed E-state index contributed by atoms with van der Waals surface area (Å²) in [6, 6.07) is 5.49. The maximum Gasteiger partial charge on any atom is 0.131 e. The summed E-state index contributed by atoms with van der Waals surface area (Å²) >= 11 is 0. The van der Waals surface area contributed by atoms with Crippen molar-refractivity contribution in [1.82, 2.24) is 15.1 Å². The molecule has 2 rings (SSSR count). The Morgan fingerprint density at radius 2 is 2.11 bits per heavy atom. The molecule has 0 spiro atoms. The van der Waals surface area contributed by atoms with Gasteiger partial charge in [-0.25, -0.2) is 8.78 Å². The molecule has 19 heavy (non-hydrogen) atoms. The molecule has 5 heteroatoms. The largest absolute Gasteiger partial charge is 0.311 e. The maximum atomic E-state index is 13.5. The van der Waals surface area contributed by atoms with Gasteiger partial charge in [0.05, 0.1) is 12.2 Å². The Labute approximate surface area is 111 Å². The van der Waals surface area contributed by atoms with Crippen LogP contribution < -0.4 is 5.32 Å². The molecule has 3 nitrogen and oxygen atoms in total. The second kappa shape index (κ2) is 6.43. The molecule has 0 bridgehead atoms. The van der Waals surface area contributed by atoms with Gasteiger partial charge in [-0.15, -0.1) is 0 Å². The van der Waals surface area contributed by atoms with Crippen molar-refractivity contribution in [2.75, 3.05) is 6.54 Å². The Bertz CT molecular complexity index is 537. The van der Waals surface area contributed by atoms with E-state index in [1.807, 2.05) is 6.07 Å². The molecule has 0 saturated heterocycles. The van der Waals surface area contributed by atoms with Crippen LogP contribution in [0.25, 0.3) is 0 Å². The van der Waals surface area contributed by atoms with Gasteiger partial charge in [0.2, 0.25) is 0 Å². The first-order chi connectivity index (χ1) is 9.19. The lowest BCUT2D eigenvalue weighted by Crippen LogP contribution is -2.14. The number of rotatable bonds is 6. The molecule has 0 amide bonds. The van der Waals surface area contributed by atoms with Crippen molar-refractivity contribution in [3.05, 3.63) is 53.4 Å². The third kappa shape index (κ3) is 3.86. The summed E-state index contributed by atoms with van der Waals surface area (Å²) in [4.78, 5) is 0. The number of nitrogens with zero attached hydrogens (tertiary/aromatic N) is 2. The van der Waals surface area contributed by atoms with Gasteiger partial charge >= 0.3 is 0 Å². The van der Waals surface area contributed by atoms with Crippen molar-refractivity contribution in [2.24, 2.45) is 0 Å². The van der Waals surface area contributed by atoms with Gasteiger partial charge in [-0.2, -0.15) is 5.10 Å². The second-order valence-electron chi connectivity index (χ2n) is 4.42. The molecular weight excluding hydrogens is 248 g/mol. The minimum absolute atomic E-state index is 0.305. The maximum absolute atomic E-state index is 13.5. The fourth-order valence-corrected chi connectivity index (χ4v) is 1.80. The first-order valence-electron chi connectivity index (χ1n) is 6.36. The fourth-order valence-electron chi connectivity index (χ4n) is 1.80. The van der Waals surface area contributed by atoms with Gasteiger partial charge in [-0.1, -0.05) is 13.0 Å². The Hall–Kier alpha value is -1.75. The van der Waals surface area contributed by atoms with Crippen molar-refractivity contribution < 1.29 is 8.78 Å². The highest BCUT2D eigenvalue weighted by molar-refractivity contribution is 5.19. The van der Waals surface area contributed by atoms with Gasteiger partial charge in [-0.3, -0.25) is 4.68 Å². The summed E-state index contributed by atoms with van der Waals surface area (Å²) in [5.41, 5.74) is 1.34. The van der Waals surface area contributed by atoms with E-state index in [1.54, 1.807) is 10.9 Å². The summed E-state index contributed by atoms with van der Waals surface area (Å²) in [6.45, 7) is 4.05. The lowest BCUT2D eigenvalue weighted by atomic mass is 10.2. The molecule has 0 unspecified atom stereocenters. The van der Waals surface area contributed by atoms with Crippen LogP contribution in [0, 0.1) is 11.6 Å². The van der Waals surface area contributed by atoms with E-state index in [-0.39, 0.29) is 0 Å². The number of halogens is 2. The van der Waals surface area contributed by atoms with Crippen LogP contribution in [0.3, 0.4) is 0 Å². The standard InChI is InChI=1S/C14H17F2N3/c1-2-6-17-9-13-5-7-19(18-13)10-11-3-4-12(15)8-14(11)16/h3-5,7-8,17H,2,6,9-10H2,1H3. The molecule has 1 N–H and O–H groups in total. The Balaban J connectivity index is 1.99. The summed E-state index contributed by atoms with van der Waals surface area (Å²) in [5, 5.41) is 7.58. The van der Waals surface area contributed by atoms with E-state index in [4.69, 9.17) is 0 Å². The highest BCUT2D eigenvalue weighted by Gasteiger charge is 2.05. The van der Waals surface area contributed by atoms with Gasteiger partial charge in [0.15, 0.2) is 0 Å². The molecule has 1 aromatic heterocycles. The average molecular weight is 265 g/mol. The molecule has 0 radical (unpaired) electrons. The van der Waals surface area contributed by atoms with Crippen molar-refractivity contribution in [3.63, 3.8) is 0 Å². The first kappa shape index (κ1) is 13.7. The average Bonchev–Trinajstić information content (AvgIpc) is 2.81. The van der Waals surface area contributed by atoms with E-state index in [9.17, 15) is 8.78 Å². The molecule has 0 aliphatic heterocycles. The van der Waals surface area contributed by atoms with Crippen LogP contribution in [0.5, 0.6) is 0 Å². The van der Waals surface area contributed by atoms with E-state index < -0.39 is 11.6 Å². The van der Waals surface area contributed by atoms with E-state index in [1.165, 1.54) is 12.1 Å². The van der Waals surface area contributed by atoms with Gasteiger partial charge in [0.25, 0.3) is 0 Å². The smallest absolute Gasteiger partial charge is 0.131 e. The zero-order valence-corrected chi connectivity index (χ0v) is 10.9. The highest BCUT2D eigenvalue weighted by Crippen LogP contribution is 2.11. The van der Waals surface area contributed by atoms with Crippen LogP contribution in [-0.4, -0.2) is 16.3 Å². The van der Waals surface area contributed by atoms with Gasteiger partial charge in [0.1, 0.15) is 11.6 Å². The zero-order chi connectivity index (χ0) is 13.7. The van der Waals surface area contributed by atoms with Crippen LogP contribution in [0.15, 0.2) is 30.5 Å². The zero-order valence-electron chi connectivity index (χ0n) is 10.9. The Kier molecular flexibility index (Phi) is 4.63. The summed E-state index contributed by atoms with van der Waals surface area (Å²) in [7, 11) is 0. The SMILES string of the molecule is CCCNCc1ccn(Cc2ccc(F)cc2F)n1. The monoisotopic (exact) mass is 265 g/mol. The molecule has 0 aliphatic rings. The lowest BCUT2D eigenvalue weighted by molar-refractivity contribution is 0.555. The normalized spacial score (nSPS) is 10.9. The lowest BCUT2D eigenvalue weighted by Gasteiger charge is -2.04. The van der Waals surface area contributed by atoms with Crippen LogP contribution in [0.2, 0.25) is 0 Å². The van der Waals surface area contributed by atoms with Crippen LogP contribution in [-0.2, 0) is 13.1 Å². The van der Waals surface area contributed by atoms with Gasteiger partial charge < -0.3 is 5.32 Å². The third-order valence-electron chi connectivity index (χ3n) is 2.78. The van der Waals surface area contributed by atoms with Gasteiger partial charge in [-0.05, 0) is 25.1 Å². The fraction of sp³-hybridized carbons (Fsp3) is 0.357. The van der Waals surface area contributed by atoms with Crippen molar-refractivity contribution in [1.29, 1.82) is 0 Å². The Morgan fingerprint density at radius 3 is 2.84 bits per heavy atom. The molecule has 0 atom stereocenters. The van der Waals surface area contributed by atoms with Crippen molar-refractivity contribution in [2.45, 2.75) is 26.4 Å². The number of benzene rings is 1. The first-order valence-corrected chi connectivity index (χ1v) is 6.36. The van der Waals surface area contributed by atoms with Crippen LogP contribution >= 0.6 is 0 Å². The molecule has 0 saturated carbocycles. The number of aromatic nitrogens is 2.